The van der Waals surface area contributed by atoms with Crippen LogP contribution < -0.4 is 27.0 Å². The molecular formula is C33H51Br2N7O8. The van der Waals surface area contributed by atoms with Gasteiger partial charge in [-0.2, -0.15) is 0 Å². The summed E-state index contributed by atoms with van der Waals surface area (Å²) in [6.45, 7) is 9.16. The smallest absolute Gasteiger partial charge is 0.312 e. The van der Waals surface area contributed by atoms with E-state index in [0.717, 1.165) is 16.9 Å². The number of urea groups is 1. The molecule has 5 amide bonds. The van der Waals surface area contributed by atoms with Crippen molar-refractivity contribution in [2.45, 2.75) is 62.8 Å². The van der Waals surface area contributed by atoms with Gasteiger partial charge in [0, 0.05) is 41.8 Å². The number of ether oxygens (including phenoxy) is 4. The van der Waals surface area contributed by atoms with Gasteiger partial charge in [-0.05, 0) is 43.9 Å². The summed E-state index contributed by atoms with van der Waals surface area (Å²) in [5.74, 6) is -0.834. The van der Waals surface area contributed by atoms with E-state index in [1.165, 1.54) is 0 Å². The molecule has 0 unspecified atom stereocenters. The van der Waals surface area contributed by atoms with Gasteiger partial charge >= 0.3 is 6.03 Å². The first-order chi connectivity index (χ1) is 24.0. The van der Waals surface area contributed by atoms with Gasteiger partial charge < -0.3 is 45.9 Å². The van der Waals surface area contributed by atoms with E-state index < -0.39 is 12.1 Å². The van der Waals surface area contributed by atoms with Crippen LogP contribution in [0.25, 0.3) is 11.0 Å². The van der Waals surface area contributed by atoms with E-state index in [0.29, 0.717) is 93.9 Å². The van der Waals surface area contributed by atoms with Gasteiger partial charge in [0.1, 0.15) is 6.04 Å². The molecule has 1 aromatic heterocycles. The molecule has 15 nitrogen and oxygen atoms in total. The third-order valence-corrected chi connectivity index (χ3v) is 8.29. The van der Waals surface area contributed by atoms with Crippen LogP contribution in [0.2, 0.25) is 0 Å². The molecule has 0 aliphatic rings. The second kappa shape index (κ2) is 25.1. The Morgan fingerprint density at radius 3 is 1.92 bits per heavy atom. The van der Waals surface area contributed by atoms with E-state index in [1.54, 1.807) is 18.2 Å². The Hall–Kier alpha value is -2.96. The number of nitrogens with two attached hydrogens (primary N) is 1. The number of nitrogens with zero attached hydrogens (tertiary/aromatic N) is 2. The number of primary amides is 1. The van der Waals surface area contributed by atoms with Crippen molar-refractivity contribution < 1.29 is 38.1 Å². The van der Waals surface area contributed by atoms with Crippen molar-refractivity contribution >= 4 is 66.6 Å². The second-order valence-corrected chi connectivity index (χ2v) is 12.8. The van der Waals surface area contributed by atoms with Crippen LogP contribution >= 0.6 is 31.9 Å². The Kier molecular flexibility index (Phi) is 21.7. The van der Waals surface area contributed by atoms with Crippen LogP contribution in [0.1, 0.15) is 61.8 Å². The van der Waals surface area contributed by atoms with Gasteiger partial charge in [-0.15, -0.1) is 0 Å². The highest BCUT2D eigenvalue weighted by molar-refractivity contribution is 9.09. The highest BCUT2D eigenvalue weighted by Crippen LogP contribution is 2.19. The molecule has 0 aliphatic heterocycles. The summed E-state index contributed by atoms with van der Waals surface area (Å²) < 4.78 is 22.0. The zero-order valence-electron chi connectivity index (χ0n) is 29.1. The SMILES string of the molecule is CC(C)[C@H](NC(=O)CCOCCOCCOCCOCCNC(=O)c1ccc2nc(CBr)c(CBr)nc2c1)C(=O)N[C@H](C)CCCNC(N)=O. The lowest BCUT2D eigenvalue weighted by Gasteiger charge is -2.24. The number of fused-ring (bicyclic) bond motifs is 1. The lowest BCUT2D eigenvalue weighted by atomic mass is 10.0. The number of aromatic nitrogens is 2. The van der Waals surface area contributed by atoms with Gasteiger partial charge in [0.05, 0.1) is 75.3 Å². The average molecular weight is 834 g/mol. The quantitative estimate of drug-likeness (QED) is 0.0693. The third-order valence-electron chi connectivity index (χ3n) is 7.22. The van der Waals surface area contributed by atoms with E-state index >= 15 is 0 Å². The molecule has 0 spiro atoms. The molecule has 0 aliphatic carbocycles. The van der Waals surface area contributed by atoms with Crippen molar-refractivity contribution in [3.05, 3.63) is 35.2 Å². The minimum atomic E-state index is -0.665. The van der Waals surface area contributed by atoms with Gasteiger partial charge in [-0.1, -0.05) is 45.7 Å². The van der Waals surface area contributed by atoms with Crippen LogP contribution in [0.15, 0.2) is 18.2 Å². The Bertz CT molecular complexity index is 1350. The largest absolute Gasteiger partial charge is 0.379 e. The van der Waals surface area contributed by atoms with E-state index in [-0.39, 0.29) is 42.7 Å². The van der Waals surface area contributed by atoms with E-state index in [9.17, 15) is 19.2 Å². The maximum Gasteiger partial charge on any atom is 0.312 e. The van der Waals surface area contributed by atoms with Crippen molar-refractivity contribution in [1.82, 2.24) is 31.2 Å². The van der Waals surface area contributed by atoms with Crippen molar-refractivity contribution in [3.63, 3.8) is 0 Å². The zero-order valence-corrected chi connectivity index (χ0v) is 32.2. The molecular weight excluding hydrogens is 782 g/mol. The molecule has 50 heavy (non-hydrogen) atoms. The van der Waals surface area contributed by atoms with Crippen molar-refractivity contribution in [2.24, 2.45) is 11.7 Å². The second-order valence-electron chi connectivity index (χ2n) is 11.7. The third kappa shape index (κ3) is 17.3. The van der Waals surface area contributed by atoms with Crippen molar-refractivity contribution in [1.29, 1.82) is 0 Å². The number of nitrogens with one attached hydrogen (secondary N) is 4. The van der Waals surface area contributed by atoms with Gasteiger partial charge in [0.2, 0.25) is 11.8 Å². The Balaban J connectivity index is 1.46. The summed E-state index contributed by atoms with van der Waals surface area (Å²) in [6, 6.07) is 3.90. The number of rotatable bonds is 26. The van der Waals surface area contributed by atoms with Crippen LogP contribution in [-0.2, 0) is 39.2 Å². The lowest BCUT2D eigenvalue weighted by Crippen LogP contribution is -2.51. The number of alkyl halides is 2. The number of benzene rings is 1. The fraction of sp³-hybridized carbons (Fsp3) is 0.636. The minimum Gasteiger partial charge on any atom is -0.379 e. The zero-order chi connectivity index (χ0) is 36.7. The molecule has 0 fully saturated rings. The van der Waals surface area contributed by atoms with Gasteiger partial charge in [0.15, 0.2) is 0 Å². The molecule has 0 saturated carbocycles. The van der Waals surface area contributed by atoms with Gasteiger partial charge in [-0.3, -0.25) is 14.4 Å². The number of carbonyl (C=O) groups is 4. The Morgan fingerprint density at radius 2 is 1.34 bits per heavy atom. The molecule has 0 saturated heterocycles. The first kappa shape index (κ1) is 43.2. The van der Waals surface area contributed by atoms with Crippen molar-refractivity contribution in [3.8, 4) is 0 Å². The topological polar surface area (TPSA) is 205 Å². The van der Waals surface area contributed by atoms with Crippen LogP contribution in [0.3, 0.4) is 0 Å². The first-order valence-electron chi connectivity index (χ1n) is 16.7. The van der Waals surface area contributed by atoms with E-state index in [4.69, 9.17) is 24.7 Å². The summed E-state index contributed by atoms with van der Waals surface area (Å²) >= 11 is 6.86. The van der Waals surface area contributed by atoms with Crippen LogP contribution in [0.5, 0.6) is 0 Å². The number of hydrogen-bond acceptors (Lipinski definition) is 10. The molecule has 17 heteroatoms. The molecule has 2 rings (SSSR count). The normalized spacial score (nSPS) is 12.4. The molecule has 1 aromatic carbocycles. The Labute approximate surface area is 310 Å². The van der Waals surface area contributed by atoms with Gasteiger partial charge in [-0.25, -0.2) is 14.8 Å². The minimum absolute atomic E-state index is 0.0991. The molecule has 0 radical (unpaired) electrons. The maximum atomic E-state index is 12.7. The number of amides is 5. The molecule has 1 heterocycles. The fourth-order valence-corrected chi connectivity index (χ4v) is 5.45. The Morgan fingerprint density at radius 1 is 0.760 bits per heavy atom. The monoisotopic (exact) mass is 831 g/mol. The predicted molar refractivity (Wildman–Crippen MR) is 196 cm³/mol. The molecule has 2 atom stereocenters. The van der Waals surface area contributed by atoms with E-state index in [1.807, 2.05) is 20.8 Å². The van der Waals surface area contributed by atoms with E-state index in [2.05, 4.69) is 63.1 Å². The number of carbonyl (C=O) groups excluding carboxylic acids is 4. The summed E-state index contributed by atoms with van der Waals surface area (Å²) in [4.78, 5) is 57.6. The fourth-order valence-electron chi connectivity index (χ4n) is 4.55. The summed E-state index contributed by atoms with van der Waals surface area (Å²) in [5.41, 5.74) is 8.64. The molecule has 0 bridgehead atoms. The summed E-state index contributed by atoms with van der Waals surface area (Å²) in [7, 11) is 0. The standard InChI is InChI=1S/C33H51Br2N7O8/c1-22(2)30(32(45)39-23(3)5-4-9-38-33(36)46)42-29(43)8-11-47-13-15-49-17-18-50-16-14-48-12-10-37-31(44)24-6-7-25-26(19-24)41-28(21-35)27(20-34)40-25/h6-7,19,22-23,30H,4-5,8-18,20-21H2,1-3H3,(H,37,44)(H,39,45)(H,42,43)(H3,36,38,46)/t23-,30+/m1/s1. The average Bonchev–Trinajstić information content (AvgIpc) is 3.09. The van der Waals surface area contributed by atoms with Crippen LogP contribution in [0.4, 0.5) is 4.79 Å². The lowest BCUT2D eigenvalue weighted by molar-refractivity contribution is -0.131. The highest BCUT2D eigenvalue weighted by Gasteiger charge is 2.25. The molecule has 280 valence electrons. The molecule has 2 aromatic rings. The van der Waals surface area contributed by atoms with Gasteiger partial charge in [0.25, 0.3) is 5.91 Å². The van der Waals surface area contributed by atoms with Crippen LogP contribution in [0, 0.1) is 5.92 Å². The number of hydrogen-bond donors (Lipinski definition) is 5. The number of halogens is 2. The van der Waals surface area contributed by atoms with Crippen LogP contribution in [-0.4, -0.2) is 112 Å². The highest BCUT2D eigenvalue weighted by atomic mass is 79.9. The summed E-state index contributed by atoms with van der Waals surface area (Å²) in [5, 5.41) is 12.2. The molecule has 6 N–H and O–H groups in total. The maximum absolute atomic E-state index is 12.7. The summed E-state index contributed by atoms with van der Waals surface area (Å²) in [6.07, 6.45) is 1.44. The first-order valence-corrected chi connectivity index (χ1v) is 18.9. The predicted octanol–water partition coefficient (Wildman–Crippen LogP) is 2.70. The van der Waals surface area contributed by atoms with Crippen molar-refractivity contribution in [2.75, 3.05) is 65.9 Å².